The number of hydrogen-bond acceptors (Lipinski definition) is 3. The van der Waals surface area contributed by atoms with Crippen molar-refractivity contribution in [2.75, 3.05) is 7.11 Å². The summed E-state index contributed by atoms with van der Waals surface area (Å²) in [5.41, 5.74) is 0. The molecule has 70 valence electrons. The Morgan fingerprint density at radius 1 is 1.58 bits per heavy atom. The standard InChI is InChI=1S/C9H17NO2/c1-7-4-3-5-8(10-7)6-9(11)12-2/h7-8,10H,3-6H2,1-2H3/t7-,8-/m1/s1. The van der Waals surface area contributed by atoms with E-state index in [1.807, 2.05) is 0 Å². The first-order chi connectivity index (χ1) is 5.72. The molecule has 2 atom stereocenters. The Hall–Kier alpha value is -0.570. The van der Waals surface area contributed by atoms with Gasteiger partial charge in [0.2, 0.25) is 0 Å². The Balaban J connectivity index is 2.27. The number of carbonyl (C=O) groups excluding carboxylic acids is 1. The maximum Gasteiger partial charge on any atom is 0.307 e. The third kappa shape index (κ3) is 2.81. The van der Waals surface area contributed by atoms with Crippen LogP contribution in [0.1, 0.15) is 32.6 Å². The summed E-state index contributed by atoms with van der Waals surface area (Å²) in [4.78, 5) is 10.9. The zero-order chi connectivity index (χ0) is 8.97. The second-order valence-electron chi connectivity index (χ2n) is 3.48. The van der Waals surface area contributed by atoms with E-state index in [0.29, 0.717) is 18.5 Å². The topological polar surface area (TPSA) is 38.3 Å². The van der Waals surface area contributed by atoms with Gasteiger partial charge in [-0.15, -0.1) is 0 Å². The summed E-state index contributed by atoms with van der Waals surface area (Å²) in [5.74, 6) is -0.110. The van der Waals surface area contributed by atoms with Crippen molar-refractivity contribution in [3.05, 3.63) is 0 Å². The molecule has 3 nitrogen and oxygen atoms in total. The number of rotatable bonds is 2. The third-order valence-electron chi connectivity index (χ3n) is 2.35. The van der Waals surface area contributed by atoms with Crippen LogP contribution in [0.15, 0.2) is 0 Å². The molecule has 1 aliphatic rings. The molecule has 0 amide bonds. The molecule has 1 N–H and O–H groups in total. The average Bonchev–Trinajstić information content (AvgIpc) is 2.04. The highest BCUT2D eigenvalue weighted by atomic mass is 16.5. The molecule has 12 heavy (non-hydrogen) atoms. The van der Waals surface area contributed by atoms with Crippen molar-refractivity contribution in [3.8, 4) is 0 Å². The van der Waals surface area contributed by atoms with Gasteiger partial charge >= 0.3 is 5.97 Å². The molecule has 0 radical (unpaired) electrons. The van der Waals surface area contributed by atoms with E-state index < -0.39 is 0 Å². The number of esters is 1. The lowest BCUT2D eigenvalue weighted by atomic mass is 9.97. The molecule has 0 aromatic rings. The van der Waals surface area contributed by atoms with E-state index in [0.717, 1.165) is 6.42 Å². The highest BCUT2D eigenvalue weighted by Crippen LogP contribution is 2.14. The molecule has 0 unspecified atom stereocenters. The molecule has 1 rings (SSSR count). The van der Waals surface area contributed by atoms with Gasteiger partial charge in [-0.3, -0.25) is 4.79 Å². The molecule has 0 aromatic heterocycles. The first-order valence-corrected chi connectivity index (χ1v) is 4.55. The van der Waals surface area contributed by atoms with Gasteiger partial charge in [-0.2, -0.15) is 0 Å². The van der Waals surface area contributed by atoms with Crippen molar-refractivity contribution in [3.63, 3.8) is 0 Å². The lowest BCUT2D eigenvalue weighted by molar-refractivity contribution is -0.141. The fourth-order valence-corrected chi connectivity index (χ4v) is 1.68. The SMILES string of the molecule is COC(=O)C[C@H]1CCC[C@@H](C)N1. The van der Waals surface area contributed by atoms with Gasteiger partial charge in [0.05, 0.1) is 13.5 Å². The van der Waals surface area contributed by atoms with E-state index in [-0.39, 0.29) is 5.97 Å². The van der Waals surface area contributed by atoms with Crippen molar-refractivity contribution in [2.24, 2.45) is 0 Å². The van der Waals surface area contributed by atoms with Crippen molar-refractivity contribution in [1.29, 1.82) is 0 Å². The van der Waals surface area contributed by atoms with Crippen molar-refractivity contribution in [2.45, 2.75) is 44.7 Å². The van der Waals surface area contributed by atoms with Gasteiger partial charge in [0.15, 0.2) is 0 Å². The van der Waals surface area contributed by atoms with Gasteiger partial charge in [-0.05, 0) is 19.8 Å². The molecule has 0 spiro atoms. The summed E-state index contributed by atoms with van der Waals surface area (Å²) >= 11 is 0. The van der Waals surface area contributed by atoms with Crippen LogP contribution in [-0.2, 0) is 9.53 Å². The molecule has 3 heteroatoms. The number of nitrogens with one attached hydrogen (secondary N) is 1. The number of methoxy groups -OCH3 is 1. The Bertz CT molecular complexity index is 159. The lowest BCUT2D eigenvalue weighted by Crippen LogP contribution is -2.41. The monoisotopic (exact) mass is 171 g/mol. The molecule has 0 bridgehead atoms. The lowest BCUT2D eigenvalue weighted by Gasteiger charge is -2.27. The molecular formula is C9H17NO2. The first kappa shape index (κ1) is 9.52. The summed E-state index contributed by atoms with van der Waals surface area (Å²) in [6.45, 7) is 2.16. The third-order valence-corrected chi connectivity index (χ3v) is 2.35. The molecule has 0 aliphatic carbocycles. The Kier molecular flexibility index (Phi) is 3.53. The van der Waals surface area contributed by atoms with Crippen LogP contribution in [0.5, 0.6) is 0 Å². The smallest absolute Gasteiger partial charge is 0.307 e. The first-order valence-electron chi connectivity index (χ1n) is 4.55. The van der Waals surface area contributed by atoms with E-state index in [2.05, 4.69) is 17.0 Å². The van der Waals surface area contributed by atoms with Gasteiger partial charge in [0, 0.05) is 12.1 Å². The fourth-order valence-electron chi connectivity index (χ4n) is 1.68. The normalized spacial score (nSPS) is 29.8. The van der Waals surface area contributed by atoms with Gasteiger partial charge in [0.25, 0.3) is 0 Å². The number of hydrogen-bond donors (Lipinski definition) is 1. The van der Waals surface area contributed by atoms with Gasteiger partial charge in [-0.1, -0.05) is 6.42 Å². The van der Waals surface area contributed by atoms with E-state index in [9.17, 15) is 4.79 Å². The van der Waals surface area contributed by atoms with Crippen LogP contribution in [0.25, 0.3) is 0 Å². The highest BCUT2D eigenvalue weighted by molar-refractivity contribution is 5.69. The molecule has 0 saturated carbocycles. The Morgan fingerprint density at radius 2 is 2.33 bits per heavy atom. The van der Waals surface area contributed by atoms with Gasteiger partial charge in [-0.25, -0.2) is 0 Å². The summed E-state index contributed by atoms with van der Waals surface area (Å²) in [6, 6.07) is 0.884. The van der Waals surface area contributed by atoms with Crippen molar-refractivity contribution >= 4 is 5.97 Å². The minimum atomic E-state index is -0.110. The van der Waals surface area contributed by atoms with E-state index in [1.54, 1.807) is 0 Å². The molecule has 1 heterocycles. The second-order valence-corrected chi connectivity index (χ2v) is 3.48. The van der Waals surface area contributed by atoms with Crippen LogP contribution in [0, 0.1) is 0 Å². The maximum absolute atomic E-state index is 10.9. The maximum atomic E-state index is 10.9. The van der Waals surface area contributed by atoms with E-state index in [1.165, 1.54) is 20.0 Å². The van der Waals surface area contributed by atoms with Gasteiger partial charge < -0.3 is 10.1 Å². The molecular weight excluding hydrogens is 154 g/mol. The minimum absolute atomic E-state index is 0.110. The zero-order valence-electron chi connectivity index (χ0n) is 7.80. The van der Waals surface area contributed by atoms with Gasteiger partial charge in [0.1, 0.15) is 0 Å². The quantitative estimate of drug-likeness (QED) is 0.632. The number of piperidine rings is 1. The van der Waals surface area contributed by atoms with E-state index in [4.69, 9.17) is 0 Å². The average molecular weight is 171 g/mol. The number of ether oxygens (including phenoxy) is 1. The minimum Gasteiger partial charge on any atom is -0.469 e. The summed E-state index contributed by atoms with van der Waals surface area (Å²) < 4.78 is 4.61. The predicted molar refractivity (Wildman–Crippen MR) is 46.9 cm³/mol. The van der Waals surface area contributed by atoms with E-state index >= 15 is 0 Å². The Labute approximate surface area is 73.5 Å². The van der Waals surface area contributed by atoms with Crippen molar-refractivity contribution in [1.82, 2.24) is 5.32 Å². The molecule has 1 saturated heterocycles. The summed E-state index contributed by atoms with van der Waals surface area (Å²) in [7, 11) is 1.44. The summed E-state index contributed by atoms with van der Waals surface area (Å²) in [5, 5.41) is 3.38. The van der Waals surface area contributed by atoms with Crippen LogP contribution in [0.4, 0.5) is 0 Å². The van der Waals surface area contributed by atoms with Crippen LogP contribution < -0.4 is 5.32 Å². The zero-order valence-corrected chi connectivity index (χ0v) is 7.80. The van der Waals surface area contributed by atoms with Crippen LogP contribution in [0.3, 0.4) is 0 Å². The fraction of sp³-hybridized carbons (Fsp3) is 0.889. The summed E-state index contributed by atoms with van der Waals surface area (Å²) in [6.07, 6.45) is 4.05. The largest absolute Gasteiger partial charge is 0.469 e. The molecule has 0 aromatic carbocycles. The number of carbonyl (C=O) groups is 1. The van der Waals surface area contributed by atoms with Crippen LogP contribution in [-0.4, -0.2) is 25.2 Å². The molecule has 1 fully saturated rings. The second kappa shape index (κ2) is 4.45. The van der Waals surface area contributed by atoms with Crippen molar-refractivity contribution < 1.29 is 9.53 Å². The van der Waals surface area contributed by atoms with Crippen LogP contribution in [0.2, 0.25) is 0 Å². The Morgan fingerprint density at radius 3 is 2.92 bits per heavy atom. The highest BCUT2D eigenvalue weighted by Gasteiger charge is 2.20. The predicted octanol–water partition coefficient (Wildman–Crippen LogP) is 1.08. The van der Waals surface area contributed by atoms with Crippen LogP contribution >= 0.6 is 0 Å². The molecule has 1 aliphatic heterocycles.